The molecule has 5 aromatic carbocycles. The maximum absolute atomic E-state index is 15.2. The van der Waals surface area contributed by atoms with Crippen molar-refractivity contribution < 1.29 is 39.9 Å². The quantitative estimate of drug-likeness (QED) is 0.0739. The molecule has 5 rings (SSSR count). The Kier molecular flexibility index (Phi) is 10.3. The van der Waals surface area contributed by atoms with E-state index in [4.69, 9.17) is 0 Å². The summed E-state index contributed by atoms with van der Waals surface area (Å²) in [6.45, 7) is 2.17. The van der Waals surface area contributed by atoms with Gasteiger partial charge in [-0.3, -0.25) is 0 Å². The van der Waals surface area contributed by atoms with Crippen LogP contribution >= 0.6 is 0 Å². The number of hydrogen-bond acceptors (Lipinski definition) is 1. The van der Waals surface area contributed by atoms with Crippen LogP contribution in [0, 0.1) is 34.9 Å². The van der Waals surface area contributed by atoms with Gasteiger partial charge in [0.2, 0.25) is 0 Å². The normalized spacial score (nSPS) is 11.6. The van der Waals surface area contributed by atoms with Crippen molar-refractivity contribution in [2.75, 3.05) is 0 Å². The Bertz CT molecular complexity index is 1840. The summed E-state index contributed by atoms with van der Waals surface area (Å²) in [7, 11) is 0. The fraction of sp³-hybridized carbons (Fsp3) is 0.211. The molecule has 0 spiro atoms. The van der Waals surface area contributed by atoms with E-state index in [0.717, 1.165) is 48.7 Å². The van der Waals surface area contributed by atoms with Crippen LogP contribution < -0.4 is 4.74 Å². The molecule has 9 heteroatoms. The molecule has 0 saturated carbocycles. The second-order valence-corrected chi connectivity index (χ2v) is 11.3. The van der Waals surface area contributed by atoms with Crippen LogP contribution in [0.15, 0.2) is 91.0 Å². The lowest BCUT2D eigenvalue weighted by Crippen LogP contribution is -2.23. The van der Waals surface area contributed by atoms with Gasteiger partial charge in [-0.05, 0) is 83.1 Å². The molecular weight excluding hydrogens is 624 g/mol. The minimum atomic E-state index is -4.28. The molecule has 0 amide bonds. The van der Waals surface area contributed by atoms with Crippen LogP contribution in [0.1, 0.15) is 50.2 Å². The molecule has 0 N–H and O–H groups in total. The Morgan fingerprint density at radius 1 is 0.511 bits per heavy atom. The molecule has 0 bridgehead atoms. The Morgan fingerprint density at radius 2 is 1.06 bits per heavy atom. The summed E-state index contributed by atoms with van der Waals surface area (Å²) in [5, 5.41) is 0. The van der Waals surface area contributed by atoms with Crippen molar-refractivity contribution in [2.45, 2.75) is 51.6 Å². The topological polar surface area (TPSA) is 9.23 Å². The van der Waals surface area contributed by atoms with Crippen LogP contribution in [-0.2, 0) is 12.5 Å². The standard InChI is InChI=1S/C38H30F8O/c1-2-3-4-5-6-7-23-8-10-24(11-9-23)25-12-15-29(32(39)18-25)26-13-17-31(34(41)19-26)38(45,46)47-28-14-16-30(33(40)22-28)27-20-35(42)37(44)36(43)21-27/h8-22H,2-7H2,1H3. The first-order valence-corrected chi connectivity index (χ1v) is 15.2. The molecule has 0 aliphatic rings. The summed E-state index contributed by atoms with van der Waals surface area (Å²) in [4.78, 5) is 0. The summed E-state index contributed by atoms with van der Waals surface area (Å²) in [5.74, 6) is -8.85. The molecule has 0 radical (unpaired) electrons. The van der Waals surface area contributed by atoms with Crippen molar-refractivity contribution in [2.24, 2.45) is 0 Å². The third-order valence-electron chi connectivity index (χ3n) is 7.90. The molecule has 0 saturated heterocycles. The largest absolute Gasteiger partial charge is 0.429 e. The van der Waals surface area contributed by atoms with Gasteiger partial charge in [0, 0.05) is 17.2 Å². The smallest absolute Gasteiger partial charge is 0.429 e. The maximum atomic E-state index is 15.2. The van der Waals surface area contributed by atoms with Crippen molar-refractivity contribution in [3.63, 3.8) is 0 Å². The monoisotopic (exact) mass is 654 g/mol. The zero-order valence-corrected chi connectivity index (χ0v) is 25.3. The number of aryl methyl sites for hydroxylation is 1. The summed E-state index contributed by atoms with van der Waals surface area (Å²) in [6.07, 6.45) is 2.60. The highest BCUT2D eigenvalue weighted by molar-refractivity contribution is 5.71. The highest BCUT2D eigenvalue weighted by Gasteiger charge is 2.38. The van der Waals surface area contributed by atoms with E-state index in [1.54, 1.807) is 6.07 Å². The minimum Gasteiger partial charge on any atom is -0.429 e. The number of hydrogen-bond donors (Lipinski definition) is 0. The molecule has 0 atom stereocenters. The lowest BCUT2D eigenvalue weighted by Gasteiger charge is -2.20. The molecule has 244 valence electrons. The predicted octanol–water partition coefficient (Wildman–Crippen LogP) is 12.2. The van der Waals surface area contributed by atoms with Crippen LogP contribution in [0.3, 0.4) is 0 Å². The molecule has 0 fully saturated rings. The van der Waals surface area contributed by atoms with Crippen LogP contribution in [0.4, 0.5) is 35.1 Å². The lowest BCUT2D eigenvalue weighted by molar-refractivity contribution is -0.187. The van der Waals surface area contributed by atoms with Gasteiger partial charge in [0.15, 0.2) is 17.5 Å². The van der Waals surface area contributed by atoms with Gasteiger partial charge in [0.05, 0.1) is 5.56 Å². The number of unbranched alkanes of at least 4 members (excludes halogenated alkanes) is 4. The van der Waals surface area contributed by atoms with E-state index in [0.29, 0.717) is 23.8 Å². The molecular formula is C38H30F8O. The summed E-state index contributed by atoms with van der Waals surface area (Å²) in [5.41, 5.74) is 0.635. The average molecular weight is 655 g/mol. The fourth-order valence-corrected chi connectivity index (χ4v) is 5.35. The third-order valence-corrected chi connectivity index (χ3v) is 7.90. The van der Waals surface area contributed by atoms with Gasteiger partial charge in [0.1, 0.15) is 23.2 Å². The van der Waals surface area contributed by atoms with Gasteiger partial charge in [-0.2, -0.15) is 8.78 Å². The van der Waals surface area contributed by atoms with Crippen LogP contribution in [0.2, 0.25) is 0 Å². The molecule has 47 heavy (non-hydrogen) atoms. The second-order valence-electron chi connectivity index (χ2n) is 11.3. The number of rotatable bonds is 12. The first-order chi connectivity index (χ1) is 22.5. The zero-order valence-electron chi connectivity index (χ0n) is 25.3. The lowest BCUT2D eigenvalue weighted by atomic mass is 9.97. The Balaban J connectivity index is 1.29. The van der Waals surface area contributed by atoms with E-state index in [1.807, 2.05) is 24.3 Å². The minimum absolute atomic E-state index is 0.00143. The molecule has 0 aliphatic carbocycles. The van der Waals surface area contributed by atoms with Gasteiger partial charge in [-0.1, -0.05) is 75.1 Å². The molecule has 0 heterocycles. The van der Waals surface area contributed by atoms with Gasteiger partial charge < -0.3 is 4.74 Å². The SMILES string of the molecule is CCCCCCCc1ccc(-c2ccc(-c3ccc(C(F)(F)Oc4ccc(-c5cc(F)c(F)c(F)c5)c(F)c4)c(F)c3)c(F)c2)cc1. The number of halogens is 8. The Hall–Kier alpha value is -4.66. The number of alkyl halides is 2. The van der Waals surface area contributed by atoms with Crippen molar-refractivity contribution >= 4 is 0 Å². The molecule has 0 unspecified atom stereocenters. The Labute approximate surface area is 267 Å². The first-order valence-electron chi connectivity index (χ1n) is 15.2. The van der Waals surface area contributed by atoms with Crippen LogP contribution in [0.5, 0.6) is 5.75 Å². The van der Waals surface area contributed by atoms with Gasteiger partial charge in [0.25, 0.3) is 0 Å². The maximum Gasteiger partial charge on any atom is 0.429 e. The number of ether oxygens (including phenoxy) is 1. The van der Waals surface area contributed by atoms with E-state index >= 15 is 17.6 Å². The number of benzene rings is 5. The van der Waals surface area contributed by atoms with Gasteiger partial charge in [-0.15, -0.1) is 0 Å². The van der Waals surface area contributed by atoms with E-state index in [-0.39, 0.29) is 16.7 Å². The van der Waals surface area contributed by atoms with Crippen molar-refractivity contribution in [3.05, 3.63) is 137 Å². The van der Waals surface area contributed by atoms with Crippen LogP contribution in [0.25, 0.3) is 33.4 Å². The fourth-order valence-electron chi connectivity index (χ4n) is 5.35. The summed E-state index contributed by atoms with van der Waals surface area (Å²) >= 11 is 0. The van der Waals surface area contributed by atoms with E-state index in [9.17, 15) is 17.6 Å². The Morgan fingerprint density at radius 3 is 1.70 bits per heavy atom. The van der Waals surface area contributed by atoms with Crippen molar-refractivity contribution in [1.82, 2.24) is 0 Å². The first kappa shape index (κ1) is 33.7. The second kappa shape index (κ2) is 14.4. The zero-order chi connectivity index (χ0) is 33.7. The van der Waals surface area contributed by atoms with Gasteiger partial charge in [-0.25, -0.2) is 26.3 Å². The van der Waals surface area contributed by atoms with Crippen molar-refractivity contribution in [1.29, 1.82) is 0 Å². The van der Waals surface area contributed by atoms with Crippen LogP contribution in [-0.4, -0.2) is 0 Å². The molecule has 0 aromatic heterocycles. The molecule has 1 nitrogen and oxygen atoms in total. The van der Waals surface area contributed by atoms with E-state index in [1.165, 1.54) is 43.4 Å². The van der Waals surface area contributed by atoms with Gasteiger partial charge >= 0.3 is 6.11 Å². The highest BCUT2D eigenvalue weighted by Crippen LogP contribution is 2.37. The summed E-state index contributed by atoms with van der Waals surface area (Å²) in [6, 6.07) is 18.3. The molecule has 0 aliphatic heterocycles. The summed E-state index contributed by atoms with van der Waals surface area (Å²) < 4.78 is 120. The third kappa shape index (κ3) is 7.84. The average Bonchev–Trinajstić information content (AvgIpc) is 3.03. The van der Waals surface area contributed by atoms with E-state index < -0.39 is 57.9 Å². The van der Waals surface area contributed by atoms with Crippen molar-refractivity contribution in [3.8, 4) is 39.1 Å². The highest BCUT2D eigenvalue weighted by atomic mass is 19.3. The van der Waals surface area contributed by atoms with E-state index in [2.05, 4.69) is 11.7 Å². The predicted molar refractivity (Wildman–Crippen MR) is 166 cm³/mol. The molecule has 5 aromatic rings.